The molecule has 2 amide bonds. The Hall–Kier alpha value is -1.23. The smallest absolute Gasteiger partial charge is 0.230 e. The molecule has 0 aromatic heterocycles. The highest BCUT2D eigenvalue weighted by atomic mass is 79.9. The number of carbonyl (C=O) groups is 2. The minimum absolute atomic E-state index is 0.149. The van der Waals surface area contributed by atoms with Gasteiger partial charge in [0.05, 0.1) is 0 Å². The van der Waals surface area contributed by atoms with E-state index in [1.807, 2.05) is 13.8 Å². The number of hydrogen-bond acceptors (Lipinski definition) is 2. The molecule has 0 spiro atoms. The van der Waals surface area contributed by atoms with E-state index in [0.29, 0.717) is 17.9 Å². The lowest BCUT2D eigenvalue weighted by atomic mass is 9.76. The summed E-state index contributed by atoms with van der Waals surface area (Å²) in [4.78, 5) is 23.7. The van der Waals surface area contributed by atoms with Gasteiger partial charge < -0.3 is 0 Å². The van der Waals surface area contributed by atoms with Crippen molar-refractivity contribution in [3.8, 4) is 0 Å². The number of imide groups is 1. The standard InChI is InChI=1S/C15H17BrFNO2/c1-8(2)5-12-10(7-14(19)18-15(12)20)11-6-9(16)3-4-13(11)17/h3-4,6,8,10,12H,5,7H2,1-2H3,(H,18,19,20). The van der Waals surface area contributed by atoms with Crippen molar-refractivity contribution in [2.75, 3.05) is 0 Å². The highest BCUT2D eigenvalue weighted by molar-refractivity contribution is 9.10. The molecular formula is C15H17BrFNO2. The SMILES string of the molecule is CC(C)CC1C(=O)NC(=O)CC1c1cc(Br)ccc1F. The van der Waals surface area contributed by atoms with Crippen LogP contribution in [0.2, 0.25) is 0 Å². The Morgan fingerprint density at radius 2 is 2.10 bits per heavy atom. The molecule has 1 fully saturated rings. The Kier molecular flexibility index (Phi) is 4.58. The van der Waals surface area contributed by atoms with E-state index in [4.69, 9.17) is 0 Å². The topological polar surface area (TPSA) is 46.2 Å². The summed E-state index contributed by atoms with van der Waals surface area (Å²) in [6, 6.07) is 4.64. The van der Waals surface area contributed by atoms with Crippen molar-refractivity contribution < 1.29 is 14.0 Å². The minimum atomic E-state index is -0.392. The highest BCUT2D eigenvalue weighted by Gasteiger charge is 2.38. The van der Waals surface area contributed by atoms with Gasteiger partial charge in [0.2, 0.25) is 11.8 Å². The second-order valence-corrected chi connectivity index (χ2v) is 6.54. The fourth-order valence-corrected chi connectivity index (χ4v) is 3.09. The van der Waals surface area contributed by atoms with E-state index < -0.39 is 5.92 Å². The van der Waals surface area contributed by atoms with Crippen LogP contribution in [0, 0.1) is 17.7 Å². The molecule has 0 aliphatic carbocycles. The third-order valence-electron chi connectivity index (χ3n) is 3.57. The van der Waals surface area contributed by atoms with Crippen LogP contribution in [0.15, 0.2) is 22.7 Å². The van der Waals surface area contributed by atoms with Gasteiger partial charge in [-0.05, 0) is 36.1 Å². The van der Waals surface area contributed by atoms with Crippen LogP contribution in [0.5, 0.6) is 0 Å². The molecule has 1 N–H and O–H groups in total. The maximum Gasteiger partial charge on any atom is 0.230 e. The van der Waals surface area contributed by atoms with E-state index in [1.165, 1.54) is 6.07 Å². The molecule has 0 bridgehead atoms. The number of carbonyl (C=O) groups excluding carboxylic acids is 2. The summed E-state index contributed by atoms with van der Waals surface area (Å²) in [5.74, 6) is -1.45. The Morgan fingerprint density at radius 1 is 1.40 bits per heavy atom. The number of piperidine rings is 1. The average Bonchev–Trinajstić information content (AvgIpc) is 2.35. The maximum absolute atomic E-state index is 14.1. The van der Waals surface area contributed by atoms with Crippen molar-refractivity contribution in [1.29, 1.82) is 0 Å². The second-order valence-electron chi connectivity index (χ2n) is 5.62. The van der Waals surface area contributed by atoms with Crippen LogP contribution >= 0.6 is 15.9 Å². The first-order valence-electron chi connectivity index (χ1n) is 6.67. The molecule has 1 aromatic carbocycles. The Balaban J connectivity index is 2.40. The molecule has 2 unspecified atom stereocenters. The summed E-state index contributed by atoms with van der Waals surface area (Å²) < 4.78 is 14.8. The molecule has 1 aromatic rings. The van der Waals surface area contributed by atoms with E-state index >= 15 is 0 Å². The van der Waals surface area contributed by atoms with E-state index in [2.05, 4.69) is 21.2 Å². The van der Waals surface area contributed by atoms with Gasteiger partial charge in [0.25, 0.3) is 0 Å². The zero-order valence-electron chi connectivity index (χ0n) is 11.5. The van der Waals surface area contributed by atoms with Gasteiger partial charge in [0.15, 0.2) is 0 Å². The van der Waals surface area contributed by atoms with Crippen LogP contribution in [0.4, 0.5) is 4.39 Å². The molecule has 3 nitrogen and oxygen atoms in total. The highest BCUT2D eigenvalue weighted by Crippen LogP contribution is 2.37. The van der Waals surface area contributed by atoms with E-state index in [1.54, 1.807) is 12.1 Å². The molecule has 2 atom stereocenters. The van der Waals surface area contributed by atoms with Gasteiger partial charge in [0.1, 0.15) is 5.82 Å². The molecule has 1 aliphatic heterocycles. The molecule has 2 rings (SSSR count). The summed E-state index contributed by atoms with van der Waals surface area (Å²) in [6.45, 7) is 4.02. The van der Waals surface area contributed by atoms with Crippen molar-refractivity contribution in [2.24, 2.45) is 11.8 Å². The van der Waals surface area contributed by atoms with Crippen molar-refractivity contribution >= 4 is 27.7 Å². The molecule has 108 valence electrons. The van der Waals surface area contributed by atoms with Crippen LogP contribution in [0.3, 0.4) is 0 Å². The van der Waals surface area contributed by atoms with Crippen LogP contribution in [-0.2, 0) is 9.59 Å². The Morgan fingerprint density at radius 3 is 2.75 bits per heavy atom. The van der Waals surface area contributed by atoms with Crippen molar-refractivity contribution in [2.45, 2.75) is 32.6 Å². The monoisotopic (exact) mass is 341 g/mol. The molecule has 20 heavy (non-hydrogen) atoms. The summed E-state index contributed by atoms with van der Waals surface area (Å²) in [6.07, 6.45) is 0.784. The third kappa shape index (κ3) is 3.26. The van der Waals surface area contributed by atoms with E-state index in [-0.39, 0.29) is 30.0 Å². The molecular weight excluding hydrogens is 325 g/mol. The van der Waals surface area contributed by atoms with Gasteiger partial charge in [-0.15, -0.1) is 0 Å². The van der Waals surface area contributed by atoms with Gasteiger partial charge in [-0.3, -0.25) is 14.9 Å². The first-order valence-corrected chi connectivity index (χ1v) is 7.46. The van der Waals surface area contributed by atoms with Crippen molar-refractivity contribution in [3.63, 3.8) is 0 Å². The fourth-order valence-electron chi connectivity index (χ4n) is 2.71. The number of hydrogen-bond donors (Lipinski definition) is 1. The number of halogens is 2. The molecule has 1 heterocycles. The van der Waals surface area contributed by atoms with E-state index in [9.17, 15) is 14.0 Å². The Bertz CT molecular complexity index is 545. The quantitative estimate of drug-likeness (QED) is 0.856. The molecule has 1 saturated heterocycles. The molecule has 1 aliphatic rings. The number of nitrogens with one attached hydrogen (secondary N) is 1. The second kappa shape index (κ2) is 6.04. The van der Waals surface area contributed by atoms with Crippen LogP contribution in [0.25, 0.3) is 0 Å². The molecule has 0 radical (unpaired) electrons. The van der Waals surface area contributed by atoms with E-state index in [0.717, 1.165) is 4.47 Å². The van der Waals surface area contributed by atoms with Gasteiger partial charge >= 0.3 is 0 Å². The van der Waals surface area contributed by atoms with Crippen LogP contribution < -0.4 is 5.32 Å². The maximum atomic E-state index is 14.1. The Labute approximate surface area is 126 Å². The summed E-state index contributed by atoms with van der Waals surface area (Å²) in [5.41, 5.74) is 0.438. The first-order chi connectivity index (χ1) is 9.38. The van der Waals surface area contributed by atoms with Crippen molar-refractivity contribution in [3.05, 3.63) is 34.1 Å². The van der Waals surface area contributed by atoms with Crippen LogP contribution in [0.1, 0.15) is 38.2 Å². The number of benzene rings is 1. The largest absolute Gasteiger partial charge is 0.296 e. The molecule has 0 saturated carbocycles. The molecule has 5 heteroatoms. The predicted octanol–water partition coefficient (Wildman–Crippen LogP) is 3.38. The summed E-state index contributed by atoms with van der Waals surface area (Å²) in [7, 11) is 0. The minimum Gasteiger partial charge on any atom is -0.296 e. The average molecular weight is 342 g/mol. The third-order valence-corrected chi connectivity index (χ3v) is 4.07. The number of amides is 2. The summed E-state index contributed by atoms with van der Waals surface area (Å²) >= 11 is 3.31. The summed E-state index contributed by atoms with van der Waals surface area (Å²) in [5, 5.41) is 2.36. The van der Waals surface area contributed by atoms with Gasteiger partial charge in [-0.1, -0.05) is 29.8 Å². The van der Waals surface area contributed by atoms with Crippen molar-refractivity contribution in [1.82, 2.24) is 5.32 Å². The first kappa shape index (κ1) is 15.2. The normalized spacial score (nSPS) is 23.1. The lowest BCUT2D eigenvalue weighted by Gasteiger charge is -2.31. The zero-order chi connectivity index (χ0) is 14.9. The zero-order valence-corrected chi connectivity index (χ0v) is 13.0. The number of rotatable bonds is 3. The van der Waals surface area contributed by atoms with Gasteiger partial charge in [-0.25, -0.2) is 4.39 Å². The lowest BCUT2D eigenvalue weighted by Crippen LogP contribution is -2.45. The van der Waals surface area contributed by atoms with Gasteiger partial charge in [0, 0.05) is 22.7 Å². The fraction of sp³-hybridized carbons (Fsp3) is 0.467. The van der Waals surface area contributed by atoms with Gasteiger partial charge in [-0.2, -0.15) is 0 Å². The lowest BCUT2D eigenvalue weighted by molar-refractivity contribution is -0.137. The van der Waals surface area contributed by atoms with Crippen LogP contribution in [-0.4, -0.2) is 11.8 Å². The predicted molar refractivity (Wildman–Crippen MR) is 77.6 cm³/mol.